The molecule has 3 N–H and O–H groups in total. The van der Waals surface area contributed by atoms with Crippen LogP contribution in [-0.2, 0) is 19.6 Å². The summed E-state index contributed by atoms with van der Waals surface area (Å²) in [4.78, 5) is 11.0. The molecule has 1 aromatic rings. The first-order chi connectivity index (χ1) is 9.38. The molecule has 6 nitrogen and oxygen atoms in total. The predicted molar refractivity (Wildman–Crippen MR) is 76.5 cm³/mol. The Balaban J connectivity index is 3.05. The van der Waals surface area contributed by atoms with E-state index in [2.05, 4.69) is 21.3 Å². The van der Waals surface area contributed by atoms with E-state index in [1.807, 2.05) is 6.92 Å². The standard InChI is InChI=1S/C13H16N2O4S/c1-10-5-6-12(11(8-10)4-3-7-14)15-20(17,18)9-13(16)19-2/h5-6,8,15H,7,9,14H2,1-2H3. The average Bonchev–Trinajstić information content (AvgIpc) is 2.38. The van der Waals surface area contributed by atoms with Crippen LogP contribution in [-0.4, -0.2) is 33.8 Å². The molecule has 0 aromatic heterocycles. The largest absolute Gasteiger partial charge is 0.468 e. The van der Waals surface area contributed by atoms with Gasteiger partial charge in [-0.3, -0.25) is 9.52 Å². The molecular weight excluding hydrogens is 280 g/mol. The maximum atomic E-state index is 11.8. The van der Waals surface area contributed by atoms with Crippen LogP contribution < -0.4 is 10.5 Å². The van der Waals surface area contributed by atoms with Gasteiger partial charge in [-0.25, -0.2) is 8.42 Å². The highest BCUT2D eigenvalue weighted by atomic mass is 32.2. The molecule has 0 amide bonds. The summed E-state index contributed by atoms with van der Waals surface area (Å²) in [6, 6.07) is 5.06. The molecule has 1 aromatic carbocycles. The molecule has 0 aliphatic carbocycles. The van der Waals surface area contributed by atoms with Crippen LogP contribution in [0.15, 0.2) is 18.2 Å². The number of nitrogens with two attached hydrogens (primary N) is 1. The topological polar surface area (TPSA) is 98.5 Å². The molecule has 1 rings (SSSR count). The van der Waals surface area contributed by atoms with E-state index in [-0.39, 0.29) is 6.54 Å². The SMILES string of the molecule is COC(=O)CS(=O)(=O)Nc1ccc(C)cc1C#CCN. The van der Waals surface area contributed by atoms with Gasteiger partial charge in [0.25, 0.3) is 0 Å². The van der Waals surface area contributed by atoms with E-state index >= 15 is 0 Å². The molecule has 0 aliphatic heterocycles. The van der Waals surface area contributed by atoms with Crippen molar-refractivity contribution in [2.45, 2.75) is 6.92 Å². The van der Waals surface area contributed by atoms with E-state index in [1.54, 1.807) is 18.2 Å². The van der Waals surface area contributed by atoms with Crippen molar-refractivity contribution in [3.63, 3.8) is 0 Å². The summed E-state index contributed by atoms with van der Waals surface area (Å²) < 4.78 is 30.2. The van der Waals surface area contributed by atoms with Crippen LogP contribution in [0.3, 0.4) is 0 Å². The van der Waals surface area contributed by atoms with Gasteiger partial charge in [-0.1, -0.05) is 17.9 Å². The van der Waals surface area contributed by atoms with Crippen molar-refractivity contribution >= 4 is 21.7 Å². The lowest BCUT2D eigenvalue weighted by molar-refractivity contribution is -0.137. The molecule has 0 aliphatic rings. The minimum atomic E-state index is -3.83. The normalized spacial score (nSPS) is 10.3. The fraction of sp³-hybridized carbons (Fsp3) is 0.308. The van der Waals surface area contributed by atoms with Crippen LogP contribution in [0.1, 0.15) is 11.1 Å². The van der Waals surface area contributed by atoms with Crippen LogP contribution in [0.4, 0.5) is 5.69 Å². The Morgan fingerprint density at radius 3 is 2.75 bits per heavy atom. The highest BCUT2D eigenvalue weighted by Gasteiger charge is 2.18. The number of methoxy groups -OCH3 is 1. The number of hydrogen-bond acceptors (Lipinski definition) is 5. The summed E-state index contributed by atoms with van der Waals surface area (Å²) in [7, 11) is -2.70. The van der Waals surface area contributed by atoms with Crippen molar-refractivity contribution in [1.82, 2.24) is 0 Å². The van der Waals surface area contributed by atoms with Crippen molar-refractivity contribution in [3.05, 3.63) is 29.3 Å². The van der Waals surface area contributed by atoms with Crippen molar-refractivity contribution in [3.8, 4) is 11.8 Å². The number of anilines is 1. The molecule has 0 fully saturated rings. The number of aryl methyl sites for hydroxylation is 1. The average molecular weight is 296 g/mol. The summed E-state index contributed by atoms with van der Waals surface area (Å²) >= 11 is 0. The lowest BCUT2D eigenvalue weighted by Gasteiger charge is -2.09. The van der Waals surface area contributed by atoms with Gasteiger partial charge in [0.15, 0.2) is 5.75 Å². The van der Waals surface area contributed by atoms with Crippen molar-refractivity contribution in [2.24, 2.45) is 5.73 Å². The number of nitrogens with one attached hydrogen (secondary N) is 1. The maximum absolute atomic E-state index is 11.8. The molecule has 0 unspecified atom stereocenters. The van der Waals surface area contributed by atoms with E-state index in [4.69, 9.17) is 5.73 Å². The van der Waals surface area contributed by atoms with Crippen molar-refractivity contribution < 1.29 is 17.9 Å². The van der Waals surface area contributed by atoms with Gasteiger partial charge in [0.2, 0.25) is 10.0 Å². The third-order valence-electron chi connectivity index (χ3n) is 2.30. The van der Waals surface area contributed by atoms with Crippen LogP contribution in [0.5, 0.6) is 0 Å². The van der Waals surface area contributed by atoms with Crippen LogP contribution in [0.2, 0.25) is 0 Å². The third kappa shape index (κ3) is 4.91. The fourth-order valence-electron chi connectivity index (χ4n) is 1.41. The zero-order valence-corrected chi connectivity index (χ0v) is 12.1. The van der Waals surface area contributed by atoms with Crippen molar-refractivity contribution in [1.29, 1.82) is 0 Å². The first kappa shape index (κ1) is 16.0. The third-order valence-corrected chi connectivity index (χ3v) is 3.45. The van der Waals surface area contributed by atoms with Gasteiger partial charge in [-0.05, 0) is 24.6 Å². The molecule has 108 valence electrons. The minimum absolute atomic E-state index is 0.169. The monoisotopic (exact) mass is 296 g/mol. The first-order valence-electron chi connectivity index (χ1n) is 5.75. The number of benzene rings is 1. The second-order valence-corrected chi connectivity index (χ2v) is 5.71. The van der Waals surface area contributed by atoms with Gasteiger partial charge in [0.1, 0.15) is 0 Å². The lowest BCUT2D eigenvalue weighted by Crippen LogP contribution is -2.24. The Kier molecular flexibility index (Phi) is 5.55. The number of ether oxygens (including phenoxy) is 1. The second kappa shape index (κ2) is 6.93. The van der Waals surface area contributed by atoms with E-state index in [1.165, 1.54) is 0 Å². The predicted octanol–water partition coefficient (Wildman–Crippen LogP) is 0.220. The maximum Gasteiger partial charge on any atom is 0.322 e. The first-order valence-corrected chi connectivity index (χ1v) is 7.40. The number of carbonyl (C=O) groups is 1. The van der Waals surface area contributed by atoms with Gasteiger partial charge >= 0.3 is 5.97 Å². The van der Waals surface area contributed by atoms with Crippen LogP contribution in [0.25, 0.3) is 0 Å². The number of rotatable bonds is 4. The zero-order valence-electron chi connectivity index (χ0n) is 11.3. The smallest absolute Gasteiger partial charge is 0.322 e. The number of esters is 1. The number of hydrogen-bond donors (Lipinski definition) is 2. The van der Waals surface area contributed by atoms with E-state index in [0.717, 1.165) is 12.7 Å². The zero-order chi connectivity index (χ0) is 15.2. The molecule has 0 radical (unpaired) electrons. The molecule has 0 bridgehead atoms. The Bertz CT molecular complexity index is 657. The molecule has 0 heterocycles. The van der Waals surface area contributed by atoms with Gasteiger partial charge in [-0.2, -0.15) is 0 Å². The Hall–Kier alpha value is -2.04. The highest BCUT2D eigenvalue weighted by molar-refractivity contribution is 7.93. The summed E-state index contributed by atoms with van der Waals surface area (Å²) in [6.07, 6.45) is 0. The molecule has 0 atom stereocenters. The summed E-state index contributed by atoms with van der Waals surface area (Å²) in [5.41, 5.74) is 7.04. The molecule has 7 heteroatoms. The van der Waals surface area contributed by atoms with Gasteiger partial charge in [0.05, 0.1) is 19.3 Å². The number of carbonyl (C=O) groups excluding carboxylic acids is 1. The molecule has 0 saturated carbocycles. The van der Waals surface area contributed by atoms with E-state index in [0.29, 0.717) is 11.3 Å². The van der Waals surface area contributed by atoms with E-state index < -0.39 is 21.7 Å². The summed E-state index contributed by atoms with van der Waals surface area (Å²) in [5, 5.41) is 0. The molecule has 20 heavy (non-hydrogen) atoms. The molecular formula is C13H16N2O4S. The Morgan fingerprint density at radius 1 is 1.45 bits per heavy atom. The number of sulfonamides is 1. The van der Waals surface area contributed by atoms with Crippen LogP contribution in [0, 0.1) is 18.8 Å². The fourth-order valence-corrected chi connectivity index (χ4v) is 2.43. The van der Waals surface area contributed by atoms with Crippen LogP contribution >= 0.6 is 0 Å². The molecule has 0 spiro atoms. The molecule has 0 saturated heterocycles. The quantitative estimate of drug-likeness (QED) is 0.612. The van der Waals surface area contributed by atoms with E-state index in [9.17, 15) is 13.2 Å². The Labute approximate surface area is 118 Å². The second-order valence-electron chi connectivity index (χ2n) is 3.99. The minimum Gasteiger partial charge on any atom is -0.468 e. The highest BCUT2D eigenvalue weighted by Crippen LogP contribution is 2.18. The Morgan fingerprint density at radius 2 is 2.15 bits per heavy atom. The van der Waals surface area contributed by atoms with Gasteiger partial charge in [0, 0.05) is 5.56 Å². The lowest BCUT2D eigenvalue weighted by atomic mass is 10.1. The summed E-state index contributed by atoms with van der Waals surface area (Å²) in [5.74, 6) is 3.86. The summed E-state index contributed by atoms with van der Waals surface area (Å²) in [6.45, 7) is 2.03. The van der Waals surface area contributed by atoms with Gasteiger partial charge < -0.3 is 10.5 Å². The van der Waals surface area contributed by atoms with Gasteiger partial charge in [-0.15, -0.1) is 0 Å². The van der Waals surface area contributed by atoms with Crippen molar-refractivity contribution in [2.75, 3.05) is 24.1 Å².